The van der Waals surface area contributed by atoms with E-state index in [9.17, 15) is 9.90 Å². The molecule has 1 aromatic carbocycles. The number of likely N-dealkylation sites (tertiary alicyclic amines) is 1. The van der Waals surface area contributed by atoms with Crippen LogP contribution in [-0.2, 0) is 11.3 Å². The van der Waals surface area contributed by atoms with Crippen molar-refractivity contribution in [2.75, 3.05) is 26.2 Å². The van der Waals surface area contributed by atoms with Crippen LogP contribution in [0.2, 0.25) is 0 Å². The molecule has 2 heterocycles. The molecule has 0 atom stereocenters. The fraction of sp³-hybridized carbons (Fsp3) is 0.500. The third-order valence-corrected chi connectivity index (χ3v) is 4.44. The van der Waals surface area contributed by atoms with Gasteiger partial charge in [0.1, 0.15) is 12.2 Å². The Morgan fingerprint density at radius 3 is 2.76 bits per heavy atom. The zero-order valence-electron chi connectivity index (χ0n) is 14.3. The van der Waals surface area contributed by atoms with Crippen LogP contribution < -0.4 is 5.32 Å². The van der Waals surface area contributed by atoms with E-state index in [0.717, 1.165) is 50.2 Å². The minimum Gasteiger partial charge on any atom is -0.393 e. The Bertz CT molecular complexity index is 665. The second-order valence-electron chi connectivity index (χ2n) is 6.44. The van der Waals surface area contributed by atoms with Crippen molar-refractivity contribution in [3.63, 3.8) is 0 Å². The minimum absolute atomic E-state index is 0.0569. The Labute approximate surface area is 147 Å². The van der Waals surface area contributed by atoms with Gasteiger partial charge >= 0.3 is 0 Å². The number of carbonyl (C=O) groups is 1. The van der Waals surface area contributed by atoms with Crippen LogP contribution in [0.25, 0.3) is 11.3 Å². The summed E-state index contributed by atoms with van der Waals surface area (Å²) >= 11 is 0. The normalized spacial score (nSPS) is 16.0. The monoisotopic (exact) mass is 343 g/mol. The second-order valence-corrected chi connectivity index (χ2v) is 6.44. The van der Waals surface area contributed by atoms with Gasteiger partial charge in [0.25, 0.3) is 0 Å². The molecule has 0 spiro atoms. The number of hydrogen-bond acceptors (Lipinski definition) is 5. The van der Waals surface area contributed by atoms with Gasteiger partial charge in [-0.25, -0.2) is 4.68 Å². The largest absolute Gasteiger partial charge is 0.393 e. The number of hydrogen-bond donors (Lipinski definition) is 2. The number of amides is 1. The van der Waals surface area contributed by atoms with Crippen molar-refractivity contribution in [2.45, 2.75) is 31.9 Å². The number of aromatic nitrogens is 3. The molecule has 2 aromatic rings. The van der Waals surface area contributed by atoms with Gasteiger partial charge < -0.3 is 15.3 Å². The molecule has 3 rings (SSSR count). The first-order valence-corrected chi connectivity index (χ1v) is 8.83. The number of carbonyl (C=O) groups excluding carboxylic acids is 1. The maximum atomic E-state index is 12.0. The van der Waals surface area contributed by atoms with Gasteiger partial charge in [-0.3, -0.25) is 4.79 Å². The van der Waals surface area contributed by atoms with E-state index in [1.54, 1.807) is 10.9 Å². The van der Waals surface area contributed by atoms with Gasteiger partial charge in [-0.05, 0) is 25.8 Å². The van der Waals surface area contributed by atoms with E-state index in [0.29, 0.717) is 6.54 Å². The summed E-state index contributed by atoms with van der Waals surface area (Å²) in [6.07, 6.45) is 4.26. The summed E-state index contributed by atoms with van der Waals surface area (Å²) < 4.78 is 1.56. The lowest BCUT2D eigenvalue weighted by molar-refractivity contribution is -0.121. The Hall–Kier alpha value is -2.25. The third-order valence-electron chi connectivity index (χ3n) is 4.44. The highest BCUT2D eigenvalue weighted by atomic mass is 16.3. The Balaban J connectivity index is 1.36. The van der Waals surface area contributed by atoms with Gasteiger partial charge in [0.05, 0.1) is 12.3 Å². The molecule has 1 aliphatic heterocycles. The van der Waals surface area contributed by atoms with Crippen LogP contribution in [0.5, 0.6) is 0 Å². The second kappa shape index (κ2) is 8.73. The summed E-state index contributed by atoms with van der Waals surface area (Å²) in [5, 5.41) is 20.5. The Kier molecular flexibility index (Phi) is 6.14. The molecule has 134 valence electrons. The van der Waals surface area contributed by atoms with Crippen molar-refractivity contribution in [3.05, 3.63) is 36.5 Å². The molecule has 1 fully saturated rings. The zero-order valence-corrected chi connectivity index (χ0v) is 14.3. The summed E-state index contributed by atoms with van der Waals surface area (Å²) in [6.45, 7) is 3.66. The maximum absolute atomic E-state index is 12.0. The van der Waals surface area contributed by atoms with Crippen LogP contribution >= 0.6 is 0 Å². The molecule has 1 aliphatic rings. The fourth-order valence-electron chi connectivity index (χ4n) is 2.99. The summed E-state index contributed by atoms with van der Waals surface area (Å²) in [5.41, 5.74) is 1.75. The first kappa shape index (κ1) is 17.6. The number of aliphatic hydroxyl groups excluding tert-OH is 1. The van der Waals surface area contributed by atoms with Crippen molar-refractivity contribution in [3.8, 4) is 11.3 Å². The van der Waals surface area contributed by atoms with Gasteiger partial charge in [0.15, 0.2) is 0 Å². The minimum atomic E-state index is -0.139. The summed E-state index contributed by atoms with van der Waals surface area (Å²) in [7, 11) is 0. The first-order valence-electron chi connectivity index (χ1n) is 8.83. The van der Waals surface area contributed by atoms with Crippen LogP contribution in [0.3, 0.4) is 0 Å². The van der Waals surface area contributed by atoms with E-state index in [1.165, 1.54) is 0 Å². The van der Waals surface area contributed by atoms with Gasteiger partial charge in [-0.1, -0.05) is 35.5 Å². The molecule has 0 radical (unpaired) electrons. The van der Waals surface area contributed by atoms with Crippen molar-refractivity contribution in [1.29, 1.82) is 0 Å². The van der Waals surface area contributed by atoms with Gasteiger partial charge in [-0.15, -0.1) is 5.10 Å². The number of benzene rings is 1. The smallest absolute Gasteiger partial charge is 0.241 e. The van der Waals surface area contributed by atoms with Gasteiger partial charge in [0.2, 0.25) is 5.91 Å². The molecule has 0 saturated carbocycles. The topological polar surface area (TPSA) is 83.3 Å². The van der Waals surface area contributed by atoms with E-state index in [1.807, 2.05) is 30.3 Å². The van der Waals surface area contributed by atoms with Crippen molar-refractivity contribution < 1.29 is 9.90 Å². The molecule has 7 heteroatoms. The number of aliphatic hydroxyl groups is 1. The van der Waals surface area contributed by atoms with Crippen molar-refractivity contribution >= 4 is 5.91 Å². The van der Waals surface area contributed by atoms with Gasteiger partial charge in [0, 0.05) is 25.2 Å². The summed E-state index contributed by atoms with van der Waals surface area (Å²) in [4.78, 5) is 14.3. The van der Waals surface area contributed by atoms with Crippen LogP contribution in [-0.4, -0.2) is 63.2 Å². The molecule has 1 aromatic heterocycles. The lowest BCUT2D eigenvalue weighted by Crippen LogP contribution is -2.38. The lowest BCUT2D eigenvalue weighted by Gasteiger charge is -2.29. The van der Waals surface area contributed by atoms with E-state index in [4.69, 9.17) is 0 Å². The molecular weight excluding hydrogens is 318 g/mol. The highest BCUT2D eigenvalue weighted by Crippen LogP contribution is 2.14. The molecular formula is C18H25N5O2. The van der Waals surface area contributed by atoms with E-state index in [2.05, 4.69) is 20.5 Å². The SMILES string of the molecule is O=C(Cn1cc(-c2ccccc2)nn1)NCCCN1CCC(O)CC1. The molecule has 25 heavy (non-hydrogen) atoms. The molecule has 7 nitrogen and oxygen atoms in total. The predicted molar refractivity (Wildman–Crippen MR) is 94.8 cm³/mol. The third kappa shape index (κ3) is 5.37. The zero-order chi connectivity index (χ0) is 17.5. The number of piperidine rings is 1. The van der Waals surface area contributed by atoms with Crippen molar-refractivity contribution in [2.24, 2.45) is 0 Å². The lowest BCUT2D eigenvalue weighted by atomic mass is 10.1. The van der Waals surface area contributed by atoms with Crippen LogP contribution in [0.4, 0.5) is 0 Å². The molecule has 0 unspecified atom stereocenters. The maximum Gasteiger partial charge on any atom is 0.241 e. The summed E-state index contributed by atoms with van der Waals surface area (Å²) in [5.74, 6) is -0.0569. The molecule has 1 amide bonds. The molecule has 0 aliphatic carbocycles. The first-order chi connectivity index (χ1) is 12.2. The molecule has 0 bridgehead atoms. The van der Waals surface area contributed by atoms with Crippen LogP contribution in [0, 0.1) is 0 Å². The van der Waals surface area contributed by atoms with E-state index >= 15 is 0 Å². The van der Waals surface area contributed by atoms with E-state index in [-0.39, 0.29) is 18.6 Å². The number of rotatable bonds is 7. The van der Waals surface area contributed by atoms with Crippen LogP contribution in [0.1, 0.15) is 19.3 Å². The average molecular weight is 343 g/mol. The van der Waals surface area contributed by atoms with E-state index < -0.39 is 0 Å². The van der Waals surface area contributed by atoms with Gasteiger partial charge in [-0.2, -0.15) is 0 Å². The highest BCUT2D eigenvalue weighted by molar-refractivity contribution is 5.75. The fourth-order valence-corrected chi connectivity index (χ4v) is 2.99. The standard InChI is InChI=1S/C18H25N5O2/c24-16-7-11-22(12-8-16)10-4-9-19-18(25)14-23-13-17(20-21-23)15-5-2-1-3-6-15/h1-3,5-6,13,16,24H,4,7-12,14H2,(H,19,25). The number of nitrogens with one attached hydrogen (secondary N) is 1. The Morgan fingerprint density at radius 1 is 1.24 bits per heavy atom. The predicted octanol–water partition coefficient (Wildman–Crippen LogP) is 0.908. The average Bonchev–Trinajstić information content (AvgIpc) is 3.09. The van der Waals surface area contributed by atoms with Crippen molar-refractivity contribution in [1.82, 2.24) is 25.2 Å². The number of nitrogens with zero attached hydrogens (tertiary/aromatic N) is 4. The quantitative estimate of drug-likeness (QED) is 0.730. The highest BCUT2D eigenvalue weighted by Gasteiger charge is 2.16. The Morgan fingerprint density at radius 2 is 2.00 bits per heavy atom. The summed E-state index contributed by atoms with van der Waals surface area (Å²) in [6, 6.07) is 9.78. The molecule has 2 N–H and O–H groups in total. The van der Waals surface area contributed by atoms with Crippen LogP contribution in [0.15, 0.2) is 36.5 Å². The molecule has 1 saturated heterocycles.